The summed E-state index contributed by atoms with van der Waals surface area (Å²) in [5.41, 5.74) is 2.46. The van der Waals surface area contributed by atoms with Gasteiger partial charge in [0, 0.05) is 12.1 Å². The van der Waals surface area contributed by atoms with Crippen LogP contribution in [0, 0.1) is 6.92 Å². The van der Waals surface area contributed by atoms with Crippen molar-refractivity contribution < 1.29 is 4.42 Å². The van der Waals surface area contributed by atoms with Crippen molar-refractivity contribution in [3.05, 3.63) is 23.7 Å². The van der Waals surface area contributed by atoms with Gasteiger partial charge in [-0.2, -0.15) is 4.98 Å². The van der Waals surface area contributed by atoms with E-state index in [4.69, 9.17) is 4.42 Å². The van der Waals surface area contributed by atoms with E-state index < -0.39 is 0 Å². The molecule has 0 aromatic carbocycles. The summed E-state index contributed by atoms with van der Waals surface area (Å²) in [6.07, 6.45) is 1.89. The third-order valence-electron chi connectivity index (χ3n) is 2.25. The Bertz CT molecular complexity index is 450. The molecule has 0 fully saturated rings. The molecular formula is C11H15N3O. The van der Waals surface area contributed by atoms with Gasteiger partial charge < -0.3 is 9.73 Å². The number of fused-ring (bicyclic) bond motifs is 1. The molecule has 4 nitrogen and oxygen atoms in total. The van der Waals surface area contributed by atoms with Crippen molar-refractivity contribution in [2.45, 2.75) is 19.8 Å². The number of pyridine rings is 1. The SMILES string of the molecule is CNCCCc1nc2nc(C)ccc2o1. The molecule has 15 heavy (non-hydrogen) atoms. The van der Waals surface area contributed by atoms with Crippen LogP contribution in [0.5, 0.6) is 0 Å². The molecule has 0 amide bonds. The Labute approximate surface area is 88.7 Å². The van der Waals surface area contributed by atoms with Gasteiger partial charge in [-0.1, -0.05) is 0 Å². The van der Waals surface area contributed by atoms with Crippen molar-refractivity contribution in [3.63, 3.8) is 0 Å². The number of aryl methyl sites for hydroxylation is 2. The number of nitrogens with zero attached hydrogens (tertiary/aromatic N) is 2. The smallest absolute Gasteiger partial charge is 0.199 e. The minimum Gasteiger partial charge on any atom is -0.439 e. The van der Waals surface area contributed by atoms with Crippen molar-refractivity contribution in [1.82, 2.24) is 15.3 Å². The second-order valence-electron chi connectivity index (χ2n) is 3.59. The maximum absolute atomic E-state index is 5.57. The van der Waals surface area contributed by atoms with Crippen LogP contribution < -0.4 is 5.32 Å². The van der Waals surface area contributed by atoms with Crippen LogP contribution in [0.25, 0.3) is 11.2 Å². The highest BCUT2D eigenvalue weighted by Gasteiger charge is 2.05. The van der Waals surface area contributed by atoms with Crippen LogP contribution in [0.1, 0.15) is 18.0 Å². The number of oxazole rings is 1. The quantitative estimate of drug-likeness (QED) is 0.771. The van der Waals surface area contributed by atoms with Crippen LogP contribution in [0.4, 0.5) is 0 Å². The van der Waals surface area contributed by atoms with E-state index in [2.05, 4.69) is 15.3 Å². The Morgan fingerprint density at radius 2 is 2.20 bits per heavy atom. The topological polar surface area (TPSA) is 51.0 Å². The van der Waals surface area contributed by atoms with Crippen molar-refractivity contribution in [3.8, 4) is 0 Å². The van der Waals surface area contributed by atoms with Gasteiger partial charge >= 0.3 is 0 Å². The molecule has 2 heterocycles. The lowest BCUT2D eigenvalue weighted by Gasteiger charge is -1.94. The van der Waals surface area contributed by atoms with Gasteiger partial charge in [-0.05, 0) is 39.1 Å². The molecule has 0 saturated carbocycles. The molecule has 0 aliphatic rings. The first kappa shape index (κ1) is 10.1. The van der Waals surface area contributed by atoms with E-state index in [1.165, 1.54) is 0 Å². The molecular weight excluding hydrogens is 190 g/mol. The van der Waals surface area contributed by atoms with Gasteiger partial charge in [0.15, 0.2) is 17.1 Å². The molecule has 2 aromatic heterocycles. The highest BCUT2D eigenvalue weighted by atomic mass is 16.3. The molecule has 0 radical (unpaired) electrons. The van der Waals surface area contributed by atoms with Crippen LogP contribution in [-0.4, -0.2) is 23.6 Å². The molecule has 0 aliphatic carbocycles. The van der Waals surface area contributed by atoms with Crippen LogP contribution in [0.2, 0.25) is 0 Å². The Morgan fingerprint density at radius 1 is 1.33 bits per heavy atom. The van der Waals surface area contributed by atoms with Gasteiger partial charge in [0.2, 0.25) is 0 Å². The zero-order valence-electron chi connectivity index (χ0n) is 9.08. The molecule has 1 N–H and O–H groups in total. The zero-order valence-corrected chi connectivity index (χ0v) is 9.08. The summed E-state index contributed by atoms with van der Waals surface area (Å²) < 4.78 is 5.57. The van der Waals surface area contributed by atoms with Crippen molar-refractivity contribution in [1.29, 1.82) is 0 Å². The number of rotatable bonds is 4. The highest BCUT2D eigenvalue weighted by Crippen LogP contribution is 2.14. The first-order chi connectivity index (χ1) is 7.29. The third kappa shape index (κ3) is 2.33. The van der Waals surface area contributed by atoms with Crippen LogP contribution in [0.3, 0.4) is 0 Å². The number of aromatic nitrogens is 2. The van der Waals surface area contributed by atoms with E-state index in [1.807, 2.05) is 26.1 Å². The lowest BCUT2D eigenvalue weighted by molar-refractivity contribution is 0.516. The third-order valence-corrected chi connectivity index (χ3v) is 2.25. The fourth-order valence-electron chi connectivity index (χ4n) is 1.48. The second-order valence-corrected chi connectivity index (χ2v) is 3.59. The van der Waals surface area contributed by atoms with E-state index in [0.29, 0.717) is 0 Å². The number of hydrogen-bond acceptors (Lipinski definition) is 4. The molecule has 2 aromatic rings. The molecule has 0 atom stereocenters. The molecule has 0 saturated heterocycles. The van der Waals surface area contributed by atoms with Gasteiger partial charge in [-0.15, -0.1) is 0 Å². The molecule has 0 spiro atoms. The standard InChI is InChI=1S/C11H15N3O/c1-8-5-6-9-11(13-8)14-10(15-9)4-3-7-12-2/h5-6,12H,3-4,7H2,1-2H3. The Balaban J connectivity index is 2.16. The van der Waals surface area contributed by atoms with Crippen molar-refractivity contribution in [2.24, 2.45) is 0 Å². The fraction of sp³-hybridized carbons (Fsp3) is 0.455. The summed E-state index contributed by atoms with van der Waals surface area (Å²) in [7, 11) is 1.94. The summed E-state index contributed by atoms with van der Waals surface area (Å²) >= 11 is 0. The molecule has 0 aliphatic heterocycles. The minimum atomic E-state index is 0.717. The van der Waals surface area contributed by atoms with Crippen LogP contribution in [0.15, 0.2) is 16.5 Å². The lowest BCUT2D eigenvalue weighted by Crippen LogP contribution is -2.08. The fourth-order valence-corrected chi connectivity index (χ4v) is 1.48. The predicted octanol–water partition coefficient (Wildman–Crippen LogP) is 1.68. The first-order valence-corrected chi connectivity index (χ1v) is 5.17. The van der Waals surface area contributed by atoms with Gasteiger partial charge in [-0.3, -0.25) is 0 Å². The summed E-state index contributed by atoms with van der Waals surface area (Å²) in [4.78, 5) is 8.64. The average Bonchev–Trinajstić information content (AvgIpc) is 2.60. The van der Waals surface area contributed by atoms with Crippen LogP contribution in [-0.2, 0) is 6.42 Å². The molecule has 0 unspecified atom stereocenters. The molecule has 0 bridgehead atoms. The average molecular weight is 205 g/mol. The van der Waals surface area contributed by atoms with E-state index in [-0.39, 0.29) is 0 Å². The number of nitrogens with one attached hydrogen (secondary N) is 1. The van der Waals surface area contributed by atoms with Gasteiger partial charge in [0.05, 0.1) is 0 Å². The Hall–Kier alpha value is -1.42. The van der Waals surface area contributed by atoms with Gasteiger partial charge in [-0.25, -0.2) is 4.98 Å². The van der Waals surface area contributed by atoms with E-state index in [1.54, 1.807) is 0 Å². The second kappa shape index (κ2) is 4.40. The monoisotopic (exact) mass is 205 g/mol. The lowest BCUT2D eigenvalue weighted by atomic mass is 10.3. The summed E-state index contributed by atoms with van der Waals surface area (Å²) in [6.45, 7) is 2.93. The summed E-state index contributed by atoms with van der Waals surface area (Å²) in [6, 6.07) is 3.86. The van der Waals surface area contributed by atoms with Crippen LogP contribution >= 0.6 is 0 Å². The van der Waals surface area contributed by atoms with Gasteiger partial charge in [0.25, 0.3) is 0 Å². The normalized spacial score (nSPS) is 11.1. The minimum absolute atomic E-state index is 0.717. The number of hydrogen-bond donors (Lipinski definition) is 1. The molecule has 80 valence electrons. The highest BCUT2D eigenvalue weighted by molar-refractivity contribution is 5.67. The van der Waals surface area contributed by atoms with E-state index in [9.17, 15) is 0 Å². The molecule has 4 heteroatoms. The van der Waals surface area contributed by atoms with Crippen molar-refractivity contribution in [2.75, 3.05) is 13.6 Å². The largest absolute Gasteiger partial charge is 0.439 e. The zero-order chi connectivity index (χ0) is 10.7. The Kier molecular flexibility index (Phi) is 2.97. The molecule has 2 rings (SSSR count). The van der Waals surface area contributed by atoms with E-state index in [0.717, 1.165) is 42.2 Å². The predicted molar refractivity (Wildman–Crippen MR) is 58.8 cm³/mol. The first-order valence-electron chi connectivity index (χ1n) is 5.17. The maximum Gasteiger partial charge on any atom is 0.199 e. The van der Waals surface area contributed by atoms with E-state index >= 15 is 0 Å². The summed E-state index contributed by atoms with van der Waals surface area (Å²) in [5.74, 6) is 0.776. The van der Waals surface area contributed by atoms with Crippen molar-refractivity contribution >= 4 is 11.2 Å². The Morgan fingerprint density at radius 3 is 3.00 bits per heavy atom. The van der Waals surface area contributed by atoms with Gasteiger partial charge in [0.1, 0.15) is 0 Å². The summed E-state index contributed by atoms with van der Waals surface area (Å²) in [5, 5.41) is 3.10. The maximum atomic E-state index is 5.57.